The van der Waals surface area contributed by atoms with Crippen molar-refractivity contribution in [1.29, 1.82) is 0 Å². The van der Waals surface area contributed by atoms with Gasteiger partial charge in [-0.25, -0.2) is 8.78 Å². The zero-order valence-corrected chi connectivity index (χ0v) is 8.83. The van der Waals surface area contributed by atoms with E-state index in [4.69, 9.17) is 5.11 Å². The summed E-state index contributed by atoms with van der Waals surface area (Å²) in [6.45, 7) is -0.357. The molecule has 0 radical (unpaired) electrons. The minimum absolute atomic E-state index is 0.232. The Bertz CT molecular complexity index is 387. The second-order valence-electron chi connectivity index (χ2n) is 3.33. The zero-order valence-electron chi connectivity index (χ0n) is 8.83. The summed E-state index contributed by atoms with van der Waals surface area (Å²) in [6, 6.07) is 1.36. The molecule has 4 nitrogen and oxygen atoms in total. The average Bonchev–Trinajstić information content (AvgIpc) is 2.27. The number of halogens is 4. The van der Waals surface area contributed by atoms with Crippen LogP contribution in [-0.2, 0) is 6.61 Å². The fraction of sp³-hybridized carbons (Fsp3) is 0.556. The number of nitrogens with zero attached hydrogens (tertiary/aromatic N) is 2. The predicted octanol–water partition coefficient (Wildman–Crippen LogP) is 1.56. The zero-order chi connectivity index (χ0) is 13.1. The van der Waals surface area contributed by atoms with Gasteiger partial charge < -0.3 is 9.84 Å². The van der Waals surface area contributed by atoms with Crippen LogP contribution in [0.5, 0.6) is 5.88 Å². The third kappa shape index (κ3) is 3.52. The van der Waals surface area contributed by atoms with Crippen LogP contribution < -0.4 is 4.74 Å². The largest absolute Gasteiger partial charge is 0.470 e. The molecule has 1 heterocycles. The number of aliphatic hydroxyl groups is 1. The van der Waals surface area contributed by atoms with Gasteiger partial charge in [-0.05, 0) is 13.0 Å². The van der Waals surface area contributed by atoms with E-state index in [0.29, 0.717) is 5.56 Å². The van der Waals surface area contributed by atoms with Crippen LogP contribution in [0.3, 0.4) is 0 Å². The lowest BCUT2D eigenvalue weighted by atomic mass is 10.3. The van der Waals surface area contributed by atoms with Crippen molar-refractivity contribution in [3.8, 4) is 5.88 Å². The molecule has 0 saturated heterocycles. The van der Waals surface area contributed by atoms with E-state index in [-0.39, 0.29) is 18.2 Å². The van der Waals surface area contributed by atoms with Crippen molar-refractivity contribution in [2.24, 2.45) is 0 Å². The molecule has 1 rings (SSSR count). The Morgan fingerprint density at radius 3 is 2.53 bits per heavy atom. The molecule has 8 heteroatoms. The Labute approximate surface area is 94.2 Å². The number of ether oxygens (including phenoxy) is 1. The van der Waals surface area contributed by atoms with Crippen LogP contribution in [0.2, 0.25) is 0 Å². The average molecular weight is 254 g/mol. The molecule has 1 N–H and O–H groups in total. The lowest BCUT2D eigenvalue weighted by Crippen LogP contribution is -2.34. The second-order valence-corrected chi connectivity index (χ2v) is 3.33. The Morgan fingerprint density at radius 2 is 2.06 bits per heavy atom. The van der Waals surface area contributed by atoms with E-state index < -0.39 is 19.0 Å². The first kappa shape index (κ1) is 13.6. The van der Waals surface area contributed by atoms with Crippen LogP contribution in [0.15, 0.2) is 6.07 Å². The molecule has 0 fully saturated rings. The maximum Gasteiger partial charge on any atom is 0.340 e. The third-order valence-electron chi connectivity index (χ3n) is 1.87. The summed E-state index contributed by atoms with van der Waals surface area (Å²) in [5.41, 5.74) is 0.560. The van der Waals surface area contributed by atoms with E-state index in [2.05, 4.69) is 14.9 Å². The van der Waals surface area contributed by atoms with Crippen molar-refractivity contribution in [2.75, 3.05) is 6.61 Å². The van der Waals surface area contributed by atoms with Crippen LogP contribution in [-0.4, -0.2) is 34.3 Å². The molecule has 0 aliphatic carbocycles. The van der Waals surface area contributed by atoms with Gasteiger partial charge in [0, 0.05) is 5.56 Å². The van der Waals surface area contributed by atoms with Gasteiger partial charge in [0.1, 0.15) is 0 Å². The van der Waals surface area contributed by atoms with Gasteiger partial charge in [0.05, 0.1) is 12.3 Å². The smallest absolute Gasteiger partial charge is 0.340 e. The molecule has 0 amide bonds. The molecule has 0 aliphatic rings. The first-order valence-electron chi connectivity index (χ1n) is 4.59. The summed E-state index contributed by atoms with van der Waals surface area (Å²) in [5, 5.41) is 15.6. The van der Waals surface area contributed by atoms with Crippen LogP contribution in [0, 0.1) is 6.92 Å². The molecule has 1 aromatic rings. The van der Waals surface area contributed by atoms with Gasteiger partial charge in [0.15, 0.2) is 6.61 Å². The lowest BCUT2D eigenvalue weighted by molar-refractivity contribution is -0.148. The molecular formula is C9H10F4N2O2. The van der Waals surface area contributed by atoms with E-state index in [9.17, 15) is 17.6 Å². The van der Waals surface area contributed by atoms with Crippen molar-refractivity contribution in [2.45, 2.75) is 25.9 Å². The molecular weight excluding hydrogens is 244 g/mol. The summed E-state index contributed by atoms with van der Waals surface area (Å²) in [6.07, 6.45) is -3.80. The standard InChI is InChI=1S/C9H10F4N2O2/c1-5-2-6(3-16)14-15-7(5)17-4-9(12,13)8(10)11/h2,8,16H,3-4H2,1H3. The molecule has 1 aromatic heterocycles. The van der Waals surface area contributed by atoms with Gasteiger partial charge in [-0.2, -0.15) is 8.78 Å². The van der Waals surface area contributed by atoms with Crippen LogP contribution in [0.25, 0.3) is 0 Å². The molecule has 0 bridgehead atoms. The molecule has 0 aliphatic heterocycles. The van der Waals surface area contributed by atoms with Gasteiger partial charge in [-0.3, -0.25) is 0 Å². The second kappa shape index (κ2) is 5.26. The number of rotatable bonds is 5. The van der Waals surface area contributed by atoms with Crippen molar-refractivity contribution in [3.05, 3.63) is 17.3 Å². The van der Waals surface area contributed by atoms with Gasteiger partial charge in [-0.15, -0.1) is 10.2 Å². The normalized spacial score (nSPS) is 11.9. The highest BCUT2D eigenvalue weighted by atomic mass is 19.3. The third-order valence-corrected chi connectivity index (χ3v) is 1.87. The maximum atomic E-state index is 12.5. The van der Waals surface area contributed by atoms with Crippen molar-refractivity contribution in [3.63, 3.8) is 0 Å². The van der Waals surface area contributed by atoms with Crippen molar-refractivity contribution in [1.82, 2.24) is 10.2 Å². The number of hydrogen-bond acceptors (Lipinski definition) is 4. The molecule has 0 aromatic carbocycles. The molecule has 0 unspecified atom stereocenters. The SMILES string of the molecule is Cc1cc(CO)nnc1OCC(F)(F)C(F)F. The number of aliphatic hydroxyl groups excluding tert-OH is 1. The Morgan fingerprint density at radius 1 is 1.41 bits per heavy atom. The highest BCUT2D eigenvalue weighted by molar-refractivity contribution is 5.24. The first-order valence-corrected chi connectivity index (χ1v) is 4.59. The maximum absolute atomic E-state index is 12.5. The Hall–Kier alpha value is -1.44. The number of aromatic nitrogens is 2. The van der Waals surface area contributed by atoms with Gasteiger partial charge >= 0.3 is 12.3 Å². The molecule has 0 spiro atoms. The van der Waals surface area contributed by atoms with Crippen molar-refractivity contribution < 1.29 is 27.4 Å². The predicted molar refractivity (Wildman–Crippen MR) is 49.1 cm³/mol. The lowest BCUT2D eigenvalue weighted by Gasteiger charge is -2.16. The van der Waals surface area contributed by atoms with E-state index in [1.54, 1.807) is 0 Å². The summed E-state index contributed by atoms with van der Waals surface area (Å²) in [7, 11) is 0. The quantitative estimate of drug-likeness (QED) is 0.810. The van der Waals surface area contributed by atoms with Gasteiger partial charge in [0.2, 0.25) is 5.88 Å². The Balaban J connectivity index is 2.70. The fourth-order valence-electron chi connectivity index (χ4n) is 0.977. The number of hydrogen-bond donors (Lipinski definition) is 1. The number of alkyl halides is 4. The molecule has 96 valence electrons. The molecule has 17 heavy (non-hydrogen) atoms. The van der Waals surface area contributed by atoms with E-state index in [0.717, 1.165) is 0 Å². The van der Waals surface area contributed by atoms with E-state index in [1.165, 1.54) is 13.0 Å². The van der Waals surface area contributed by atoms with E-state index >= 15 is 0 Å². The fourth-order valence-corrected chi connectivity index (χ4v) is 0.977. The van der Waals surface area contributed by atoms with Gasteiger partial charge in [-0.1, -0.05) is 0 Å². The van der Waals surface area contributed by atoms with Crippen LogP contribution in [0.4, 0.5) is 17.6 Å². The number of aryl methyl sites for hydroxylation is 1. The molecule has 0 atom stereocenters. The van der Waals surface area contributed by atoms with Crippen LogP contribution in [0.1, 0.15) is 11.3 Å². The Kier molecular flexibility index (Phi) is 4.22. The molecule has 0 saturated carbocycles. The topological polar surface area (TPSA) is 55.2 Å². The van der Waals surface area contributed by atoms with Crippen molar-refractivity contribution >= 4 is 0 Å². The summed E-state index contributed by atoms with van der Waals surface area (Å²) < 4.78 is 53.2. The summed E-state index contributed by atoms with van der Waals surface area (Å²) >= 11 is 0. The summed E-state index contributed by atoms with van der Waals surface area (Å²) in [5.74, 6) is -4.49. The highest BCUT2D eigenvalue weighted by Crippen LogP contribution is 2.24. The van der Waals surface area contributed by atoms with Crippen LogP contribution >= 0.6 is 0 Å². The summed E-state index contributed by atoms with van der Waals surface area (Å²) in [4.78, 5) is 0. The minimum atomic E-state index is -4.23. The van der Waals surface area contributed by atoms with Gasteiger partial charge in [0.25, 0.3) is 0 Å². The minimum Gasteiger partial charge on any atom is -0.470 e. The highest BCUT2D eigenvalue weighted by Gasteiger charge is 2.42. The first-order chi connectivity index (χ1) is 7.86. The monoisotopic (exact) mass is 254 g/mol. The van der Waals surface area contributed by atoms with E-state index in [1.807, 2.05) is 0 Å².